The third kappa shape index (κ3) is 2.16. The first kappa shape index (κ1) is 11.4. The fourth-order valence-corrected chi connectivity index (χ4v) is 2.27. The fourth-order valence-electron chi connectivity index (χ4n) is 2.27. The molecule has 1 N–H and O–H groups in total. The van der Waals surface area contributed by atoms with Crippen molar-refractivity contribution in [1.29, 1.82) is 0 Å². The van der Waals surface area contributed by atoms with Gasteiger partial charge in [-0.05, 0) is 6.07 Å². The minimum absolute atomic E-state index is 0.0294. The predicted octanol–water partition coefficient (Wildman–Crippen LogP) is -0.103. The molecule has 3 heterocycles. The number of ether oxygens (including phenoxy) is 1. The van der Waals surface area contributed by atoms with E-state index in [9.17, 15) is 4.79 Å². The quantitative estimate of drug-likeness (QED) is 0.823. The van der Waals surface area contributed by atoms with E-state index in [0.29, 0.717) is 0 Å². The van der Waals surface area contributed by atoms with Crippen molar-refractivity contribution >= 4 is 5.65 Å². The van der Waals surface area contributed by atoms with Crippen LogP contribution in [0.4, 0.5) is 0 Å². The van der Waals surface area contributed by atoms with E-state index in [4.69, 9.17) is 4.74 Å². The molecule has 6 heteroatoms. The van der Waals surface area contributed by atoms with Gasteiger partial charge in [0, 0.05) is 32.1 Å². The second kappa shape index (κ2) is 4.91. The highest BCUT2D eigenvalue weighted by Crippen LogP contribution is 2.03. The normalized spacial score (nSPS) is 17.3. The third-order valence-corrected chi connectivity index (χ3v) is 3.27. The van der Waals surface area contributed by atoms with Gasteiger partial charge in [-0.15, -0.1) is 0 Å². The molecule has 18 heavy (non-hydrogen) atoms. The summed E-state index contributed by atoms with van der Waals surface area (Å²) in [6, 6.07) is 5.15. The van der Waals surface area contributed by atoms with Gasteiger partial charge in [-0.1, -0.05) is 6.07 Å². The molecule has 0 aromatic carbocycles. The average molecular weight is 248 g/mol. The second-order valence-corrected chi connectivity index (χ2v) is 4.43. The molecule has 3 rings (SSSR count). The van der Waals surface area contributed by atoms with Crippen molar-refractivity contribution in [2.24, 2.45) is 0 Å². The summed E-state index contributed by atoms with van der Waals surface area (Å²) >= 11 is 0. The minimum Gasteiger partial charge on any atom is -0.379 e. The molecule has 6 nitrogen and oxygen atoms in total. The molecule has 0 bridgehead atoms. The Hall–Kier alpha value is -1.66. The number of aromatic amines is 1. The van der Waals surface area contributed by atoms with Crippen molar-refractivity contribution in [1.82, 2.24) is 19.5 Å². The van der Waals surface area contributed by atoms with E-state index in [1.807, 2.05) is 6.07 Å². The second-order valence-electron chi connectivity index (χ2n) is 4.43. The van der Waals surface area contributed by atoms with Crippen molar-refractivity contribution in [3.8, 4) is 0 Å². The first-order valence-corrected chi connectivity index (χ1v) is 6.20. The number of pyridine rings is 1. The molecular weight excluding hydrogens is 232 g/mol. The lowest BCUT2D eigenvalue weighted by Gasteiger charge is -2.26. The standard InChI is InChI=1S/C12H16N4O2/c17-12-3-1-2-10-13-14-11(16(10)12)4-5-15-6-8-18-9-7-15/h1-3,13H,4-9H2. The molecule has 0 aliphatic carbocycles. The van der Waals surface area contributed by atoms with Crippen molar-refractivity contribution in [2.75, 3.05) is 32.8 Å². The van der Waals surface area contributed by atoms with E-state index in [1.165, 1.54) is 0 Å². The van der Waals surface area contributed by atoms with Crippen LogP contribution >= 0.6 is 0 Å². The number of morpholine rings is 1. The van der Waals surface area contributed by atoms with Crippen molar-refractivity contribution in [3.63, 3.8) is 0 Å². The minimum atomic E-state index is -0.0294. The molecule has 1 aliphatic heterocycles. The molecule has 1 fully saturated rings. The van der Waals surface area contributed by atoms with E-state index in [2.05, 4.69) is 15.1 Å². The summed E-state index contributed by atoms with van der Waals surface area (Å²) < 4.78 is 6.95. The summed E-state index contributed by atoms with van der Waals surface area (Å²) in [5, 5.41) is 7.11. The van der Waals surface area contributed by atoms with E-state index in [-0.39, 0.29) is 5.56 Å². The number of rotatable bonds is 3. The van der Waals surface area contributed by atoms with Crippen molar-refractivity contribution < 1.29 is 4.74 Å². The summed E-state index contributed by atoms with van der Waals surface area (Å²) in [5.41, 5.74) is 0.720. The SMILES string of the molecule is O=c1cccc2[nH]nc(CCN3CCOCC3)n12. The highest BCUT2D eigenvalue weighted by atomic mass is 16.5. The van der Waals surface area contributed by atoms with Crippen LogP contribution in [-0.2, 0) is 11.2 Å². The van der Waals surface area contributed by atoms with Crippen LogP contribution in [-0.4, -0.2) is 52.3 Å². The summed E-state index contributed by atoms with van der Waals surface area (Å²) in [5.74, 6) is 0.794. The molecule has 96 valence electrons. The Morgan fingerprint density at radius 3 is 3.00 bits per heavy atom. The number of H-pyrrole nitrogens is 1. The van der Waals surface area contributed by atoms with Crippen LogP contribution in [0.3, 0.4) is 0 Å². The molecule has 1 saturated heterocycles. The predicted molar refractivity (Wildman–Crippen MR) is 66.8 cm³/mol. The summed E-state index contributed by atoms with van der Waals surface area (Å²) in [6.07, 6.45) is 0.768. The van der Waals surface area contributed by atoms with Crippen molar-refractivity contribution in [2.45, 2.75) is 6.42 Å². The highest BCUT2D eigenvalue weighted by Gasteiger charge is 2.12. The molecule has 2 aromatic heterocycles. The van der Waals surface area contributed by atoms with Gasteiger partial charge in [-0.2, -0.15) is 5.10 Å². The molecule has 0 unspecified atom stereocenters. The molecule has 0 atom stereocenters. The van der Waals surface area contributed by atoms with Gasteiger partial charge in [-0.3, -0.25) is 14.8 Å². The van der Waals surface area contributed by atoms with Crippen LogP contribution in [0.1, 0.15) is 5.82 Å². The van der Waals surface area contributed by atoms with Crippen LogP contribution in [0.2, 0.25) is 0 Å². The fraction of sp³-hybridized carbons (Fsp3) is 0.500. The van der Waals surface area contributed by atoms with Gasteiger partial charge in [0.15, 0.2) is 0 Å². The Morgan fingerprint density at radius 2 is 2.17 bits per heavy atom. The molecule has 0 amide bonds. The number of hydrogen-bond donors (Lipinski definition) is 1. The monoisotopic (exact) mass is 248 g/mol. The number of aromatic nitrogens is 3. The maximum Gasteiger partial charge on any atom is 0.257 e. The number of nitrogens with one attached hydrogen (secondary N) is 1. The summed E-state index contributed by atoms with van der Waals surface area (Å²) in [7, 11) is 0. The Balaban J connectivity index is 1.76. The number of nitrogens with zero attached hydrogens (tertiary/aromatic N) is 3. The zero-order valence-corrected chi connectivity index (χ0v) is 10.1. The Bertz CT molecular complexity index is 583. The molecule has 1 aliphatic rings. The van der Waals surface area contributed by atoms with E-state index in [0.717, 1.165) is 50.7 Å². The lowest BCUT2D eigenvalue weighted by molar-refractivity contribution is 0.0382. The molecule has 0 saturated carbocycles. The largest absolute Gasteiger partial charge is 0.379 e. The van der Waals surface area contributed by atoms with Gasteiger partial charge < -0.3 is 4.74 Å². The maximum absolute atomic E-state index is 11.8. The van der Waals surface area contributed by atoms with Crippen LogP contribution in [0.5, 0.6) is 0 Å². The lowest BCUT2D eigenvalue weighted by Crippen LogP contribution is -2.37. The lowest BCUT2D eigenvalue weighted by atomic mass is 10.3. The van der Waals surface area contributed by atoms with Crippen LogP contribution in [0, 0.1) is 0 Å². The Morgan fingerprint density at radius 1 is 1.33 bits per heavy atom. The third-order valence-electron chi connectivity index (χ3n) is 3.27. The van der Waals surface area contributed by atoms with Gasteiger partial charge in [0.1, 0.15) is 11.5 Å². The molecular formula is C12H16N4O2. The maximum atomic E-state index is 11.8. The first-order chi connectivity index (χ1) is 8.84. The Kier molecular flexibility index (Phi) is 3.12. The molecule has 0 spiro atoms. The van der Waals surface area contributed by atoms with E-state index < -0.39 is 0 Å². The summed E-state index contributed by atoms with van der Waals surface area (Å²) in [6.45, 7) is 4.40. The van der Waals surface area contributed by atoms with Crippen LogP contribution < -0.4 is 5.56 Å². The van der Waals surface area contributed by atoms with Crippen LogP contribution in [0.15, 0.2) is 23.0 Å². The van der Waals surface area contributed by atoms with Crippen LogP contribution in [0.25, 0.3) is 5.65 Å². The summed E-state index contributed by atoms with van der Waals surface area (Å²) in [4.78, 5) is 14.1. The smallest absolute Gasteiger partial charge is 0.257 e. The number of fused-ring (bicyclic) bond motifs is 1. The van der Waals surface area contributed by atoms with Gasteiger partial charge in [-0.25, -0.2) is 4.40 Å². The van der Waals surface area contributed by atoms with E-state index >= 15 is 0 Å². The zero-order chi connectivity index (χ0) is 12.4. The molecule has 0 radical (unpaired) electrons. The van der Waals surface area contributed by atoms with Gasteiger partial charge in [0.25, 0.3) is 5.56 Å². The number of hydrogen-bond acceptors (Lipinski definition) is 4. The first-order valence-electron chi connectivity index (χ1n) is 6.20. The molecule has 2 aromatic rings. The Labute approximate surface area is 104 Å². The highest BCUT2D eigenvalue weighted by molar-refractivity contribution is 5.37. The zero-order valence-electron chi connectivity index (χ0n) is 10.1. The average Bonchev–Trinajstić information content (AvgIpc) is 2.82. The van der Waals surface area contributed by atoms with Gasteiger partial charge in [0.05, 0.1) is 13.2 Å². The van der Waals surface area contributed by atoms with Gasteiger partial charge in [0.2, 0.25) is 0 Å². The van der Waals surface area contributed by atoms with Gasteiger partial charge >= 0.3 is 0 Å². The van der Waals surface area contributed by atoms with Crippen molar-refractivity contribution in [3.05, 3.63) is 34.4 Å². The topological polar surface area (TPSA) is 62.6 Å². The van der Waals surface area contributed by atoms with E-state index in [1.54, 1.807) is 16.5 Å².